The number of likely N-dealkylation sites (tertiary alicyclic amines) is 1. The Morgan fingerprint density at radius 2 is 2.07 bits per heavy atom. The van der Waals surface area contributed by atoms with Gasteiger partial charge in [-0.1, -0.05) is 0 Å². The van der Waals surface area contributed by atoms with E-state index in [0.29, 0.717) is 23.6 Å². The van der Waals surface area contributed by atoms with Crippen LogP contribution >= 0.6 is 0 Å². The summed E-state index contributed by atoms with van der Waals surface area (Å²) in [5.41, 5.74) is 2.90. The lowest BCUT2D eigenvalue weighted by atomic mass is 9.95. The Labute approximate surface area is 171 Å². The second kappa shape index (κ2) is 8.37. The quantitative estimate of drug-likeness (QED) is 0.791. The Morgan fingerprint density at radius 1 is 1.21 bits per heavy atom. The smallest absolute Gasteiger partial charge is 0.257 e. The van der Waals surface area contributed by atoms with Crippen molar-refractivity contribution >= 4 is 5.91 Å². The average Bonchev–Trinajstić information content (AvgIpc) is 2.77. The van der Waals surface area contributed by atoms with Gasteiger partial charge in [0.1, 0.15) is 17.3 Å². The second-order valence-electron chi connectivity index (χ2n) is 7.84. The van der Waals surface area contributed by atoms with E-state index in [2.05, 4.69) is 16.9 Å². The number of likely N-dealkylation sites (N-methyl/N-ethyl adjacent to an activating group) is 1. The molecule has 0 spiro atoms. The van der Waals surface area contributed by atoms with Gasteiger partial charge in [-0.15, -0.1) is 0 Å². The van der Waals surface area contributed by atoms with Gasteiger partial charge in [0, 0.05) is 56.0 Å². The van der Waals surface area contributed by atoms with Crippen LogP contribution in [0.25, 0.3) is 0 Å². The van der Waals surface area contributed by atoms with Crippen molar-refractivity contribution in [2.45, 2.75) is 31.7 Å². The number of hydrogen-bond donors (Lipinski definition) is 0. The minimum Gasteiger partial charge on any atom is -0.497 e. The maximum absolute atomic E-state index is 13.2. The zero-order valence-electron chi connectivity index (χ0n) is 17.4. The first-order valence-corrected chi connectivity index (χ1v) is 10.1. The molecule has 1 fully saturated rings. The molecule has 29 heavy (non-hydrogen) atoms. The molecular weight excluding hydrogens is 368 g/mol. The van der Waals surface area contributed by atoms with Crippen LogP contribution in [0, 0.1) is 0 Å². The minimum absolute atomic E-state index is 0.0370. The van der Waals surface area contributed by atoms with Gasteiger partial charge in [-0.25, -0.2) is 9.97 Å². The molecule has 0 saturated carbocycles. The van der Waals surface area contributed by atoms with Crippen LogP contribution in [0.4, 0.5) is 0 Å². The Balaban J connectivity index is 1.54. The molecule has 0 bridgehead atoms. The van der Waals surface area contributed by atoms with Gasteiger partial charge in [-0.2, -0.15) is 0 Å². The van der Waals surface area contributed by atoms with E-state index in [4.69, 9.17) is 14.5 Å². The largest absolute Gasteiger partial charge is 0.497 e. The number of piperidine rings is 1. The lowest BCUT2D eigenvalue weighted by Crippen LogP contribution is -2.40. The van der Waals surface area contributed by atoms with E-state index in [1.54, 1.807) is 32.4 Å². The number of rotatable bonds is 4. The van der Waals surface area contributed by atoms with Crippen molar-refractivity contribution in [2.24, 2.45) is 0 Å². The summed E-state index contributed by atoms with van der Waals surface area (Å²) in [5, 5.41) is 0. The van der Waals surface area contributed by atoms with E-state index < -0.39 is 0 Å². The zero-order chi connectivity index (χ0) is 20.4. The van der Waals surface area contributed by atoms with Crippen LogP contribution in [0.2, 0.25) is 0 Å². The summed E-state index contributed by atoms with van der Waals surface area (Å²) >= 11 is 0. The highest BCUT2D eigenvalue weighted by atomic mass is 16.5. The van der Waals surface area contributed by atoms with Gasteiger partial charge in [-0.3, -0.25) is 4.79 Å². The van der Waals surface area contributed by atoms with E-state index >= 15 is 0 Å². The molecule has 7 heteroatoms. The number of carbonyl (C=O) groups excluding carboxylic acids is 1. The third-order valence-corrected chi connectivity index (χ3v) is 5.85. The number of hydrogen-bond acceptors (Lipinski definition) is 6. The van der Waals surface area contributed by atoms with Crippen molar-refractivity contribution in [1.82, 2.24) is 19.8 Å². The van der Waals surface area contributed by atoms with E-state index in [0.717, 1.165) is 50.4 Å². The molecule has 2 aromatic rings. The molecule has 1 aromatic heterocycles. The number of fused-ring (bicyclic) bond motifs is 1. The van der Waals surface area contributed by atoms with Crippen molar-refractivity contribution in [3.63, 3.8) is 0 Å². The molecule has 4 rings (SSSR count). The highest BCUT2D eigenvalue weighted by Crippen LogP contribution is 2.30. The van der Waals surface area contributed by atoms with Gasteiger partial charge in [0.25, 0.3) is 5.91 Å². The van der Waals surface area contributed by atoms with Crippen LogP contribution in [0.15, 0.2) is 24.4 Å². The Hall–Kier alpha value is -2.67. The molecule has 2 aliphatic rings. The predicted octanol–water partition coefficient (Wildman–Crippen LogP) is 2.50. The van der Waals surface area contributed by atoms with Gasteiger partial charge >= 0.3 is 0 Å². The van der Waals surface area contributed by atoms with E-state index in [-0.39, 0.29) is 11.8 Å². The van der Waals surface area contributed by atoms with Crippen molar-refractivity contribution in [3.05, 3.63) is 47.0 Å². The summed E-state index contributed by atoms with van der Waals surface area (Å²) in [6.07, 6.45) is 4.86. The van der Waals surface area contributed by atoms with Gasteiger partial charge in [-0.05, 0) is 38.1 Å². The number of carbonyl (C=O) groups is 1. The van der Waals surface area contributed by atoms with Crippen LogP contribution in [-0.4, -0.2) is 66.6 Å². The second-order valence-corrected chi connectivity index (χ2v) is 7.84. The topological polar surface area (TPSA) is 67.8 Å². The third-order valence-electron chi connectivity index (χ3n) is 5.85. The van der Waals surface area contributed by atoms with Crippen molar-refractivity contribution in [2.75, 3.05) is 40.9 Å². The van der Waals surface area contributed by atoms with Crippen LogP contribution in [0.5, 0.6) is 11.5 Å². The van der Waals surface area contributed by atoms with Crippen LogP contribution in [0.1, 0.15) is 46.2 Å². The fourth-order valence-corrected chi connectivity index (χ4v) is 4.19. The molecule has 2 aliphatic heterocycles. The van der Waals surface area contributed by atoms with Gasteiger partial charge in [0.05, 0.1) is 19.8 Å². The SMILES string of the molecule is COc1ccc(OC)c(C(=O)N2CCCC(c3ncc4c(n3)CCN(C)C4)C2)c1. The summed E-state index contributed by atoms with van der Waals surface area (Å²) in [4.78, 5) is 26.9. The molecule has 7 nitrogen and oxygen atoms in total. The predicted molar refractivity (Wildman–Crippen MR) is 109 cm³/mol. The Kier molecular flexibility index (Phi) is 5.67. The average molecular weight is 396 g/mol. The number of amides is 1. The van der Waals surface area contributed by atoms with Crippen LogP contribution in [0.3, 0.4) is 0 Å². The lowest BCUT2D eigenvalue weighted by Gasteiger charge is -2.33. The highest BCUT2D eigenvalue weighted by Gasteiger charge is 2.29. The molecule has 1 unspecified atom stereocenters. The summed E-state index contributed by atoms with van der Waals surface area (Å²) in [6.45, 7) is 3.28. The normalized spacial score (nSPS) is 19.6. The Morgan fingerprint density at radius 3 is 2.86 bits per heavy atom. The fourth-order valence-electron chi connectivity index (χ4n) is 4.19. The molecule has 0 radical (unpaired) electrons. The van der Waals surface area contributed by atoms with Crippen molar-refractivity contribution in [3.8, 4) is 11.5 Å². The zero-order valence-corrected chi connectivity index (χ0v) is 17.4. The standard InChI is InChI=1S/C22H28N4O3/c1-25-10-8-19-16(13-25)12-23-21(24-19)15-5-4-9-26(14-15)22(27)18-11-17(28-2)6-7-20(18)29-3/h6-7,11-12,15H,4-5,8-10,13-14H2,1-3H3. The van der Waals surface area contributed by atoms with Crippen LogP contribution in [-0.2, 0) is 13.0 Å². The highest BCUT2D eigenvalue weighted by molar-refractivity contribution is 5.97. The molecule has 0 aliphatic carbocycles. The monoisotopic (exact) mass is 396 g/mol. The van der Waals surface area contributed by atoms with E-state index in [1.165, 1.54) is 5.56 Å². The van der Waals surface area contributed by atoms with Gasteiger partial charge in [0.2, 0.25) is 0 Å². The fraction of sp³-hybridized carbons (Fsp3) is 0.500. The van der Waals surface area contributed by atoms with Crippen LogP contribution < -0.4 is 9.47 Å². The summed E-state index contributed by atoms with van der Waals surface area (Å²) in [6, 6.07) is 5.32. The molecule has 1 saturated heterocycles. The molecule has 154 valence electrons. The number of methoxy groups -OCH3 is 2. The molecule has 1 atom stereocenters. The maximum Gasteiger partial charge on any atom is 0.257 e. The number of nitrogens with zero attached hydrogens (tertiary/aromatic N) is 4. The number of benzene rings is 1. The number of ether oxygens (including phenoxy) is 2. The van der Waals surface area contributed by atoms with Gasteiger partial charge < -0.3 is 19.3 Å². The molecule has 0 N–H and O–H groups in total. The maximum atomic E-state index is 13.2. The van der Waals surface area contributed by atoms with Gasteiger partial charge in [0.15, 0.2) is 0 Å². The first-order valence-electron chi connectivity index (χ1n) is 10.1. The summed E-state index contributed by atoms with van der Waals surface area (Å²) in [5.74, 6) is 2.19. The Bertz CT molecular complexity index is 902. The van der Waals surface area contributed by atoms with E-state index in [1.807, 2.05) is 11.1 Å². The summed E-state index contributed by atoms with van der Waals surface area (Å²) in [7, 11) is 5.29. The summed E-state index contributed by atoms with van der Waals surface area (Å²) < 4.78 is 10.7. The minimum atomic E-state index is -0.0370. The third kappa shape index (κ3) is 4.05. The molecule has 3 heterocycles. The molecule has 1 amide bonds. The lowest BCUT2D eigenvalue weighted by molar-refractivity contribution is 0.0700. The molecule has 1 aromatic carbocycles. The van der Waals surface area contributed by atoms with Crippen molar-refractivity contribution in [1.29, 1.82) is 0 Å². The number of aromatic nitrogens is 2. The first-order chi connectivity index (χ1) is 14.1. The van der Waals surface area contributed by atoms with Crippen molar-refractivity contribution < 1.29 is 14.3 Å². The van der Waals surface area contributed by atoms with E-state index in [9.17, 15) is 4.79 Å². The first kappa shape index (κ1) is 19.6. The molecular formula is C22H28N4O3.